The number of hydrogen-bond acceptors (Lipinski definition) is 4. The maximum Gasteiger partial charge on any atom is 0.343 e. The molecule has 1 heterocycles. The van der Waals surface area contributed by atoms with Crippen molar-refractivity contribution in [3.8, 4) is 0 Å². The number of nitrogens with one attached hydrogen (secondary N) is 1. The van der Waals surface area contributed by atoms with Gasteiger partial charge in [-0.15, -0.1) is 0 Å². The zero-order chi connectivity index (χ0) is 19.1. The lowest BCUT2D eigenvalue weighted by molar-refractivity contribution is 0.0503. The largest absolute Gasteiger partial charge is 0.462 e. The van der Waals surface area contributed by atoms with E-state index in [4.69, 9.17) is 4.74 Å². The Morgan fingerprint density at radius 3 is 2.35 bits per heavy atom. The smallest absolute Gasteiger partial charge is 0.343 e. The minimum atomic E-state index is -0.560. The van der Waals surface area contributed by atoms with Crippen LogP contribution in [-0.4, -0.2) is 30.6 Å². The SMILES string of the molecule is CCCOC(=O)c1c[nH]c2cc(N(CCC)CCC)c(CC)cc2c1=O. The molecule has 0 amide bonds. The van der Waals surface area contributed by atoms with Gasteiger partial charge in [0.05, 0.1) is 12.1 Å². The van der Waals surface area contributed by atoms with Gasteiger partial charge in [-0.3, -0.25) is 4.79 Å². The van der Waals surface area contributed by atoms with Crippen molar-refractivity contribution in [2.24, 2.45) is 0 Å². The highest BCUT2D eigenvalue weighted by Gasteiger charge is 2.17. The highest BCUT2D eigenvalue weighted by Crippen LogP contribution is 2.26. The van der Waals surface area contributed by atoms with Gasteiger partial charge >= 0.3 is 5.97 Å². The van der Waals surface area contributed by atoms with Gasteiger partial charge in [0.1, 0.15) is 5.56 Å². The topological polar surface area (TPSA) is 62.4 Å². The van der Waals surface area contributed by atoms with Gasteiger partial charge in [0.2, 0.25) is 5.43 Å². The standard InChI is InChI=1S/C21H30N2O3/c1-5-9-23(10-6-2)19-13-18-16(12-15(19)8-4)20(24)17(14-22-18)21(25)26-11-7-3/h12-14H,5-11H2,1-4H3,(H,22,24). The minimum Gasteiger partial charge on any atom is -0.462 e. The van der Waals surface area contributed by atoms with E-state index < -0.39 is 5.97 Å². The van der Waals surface area contributed by atoms with Crippen LogP contribution in [0.3, 0.4) is 0 Å². The molecule has 2 rings (SSSR count). The first-order chi connectivity index (χ1) is 12.6. The minimum absolute atomic E-state index is 0.0692. The number of aromatic nitrogens is 1. The molecule has 0 unspecified atom stereocenters. The predicted molar refractivity (Wildman–Crippen MR) is 107 cm³/mol. The number of anilines is 1. The molecule has 0 atom stereocenters. The molecule has 0 saturated carbocycles. The number of carbonyl (C=O) groups is 1. The molecule has 1 aromatic heterocycles. The van der Waals surface area contributed by atoms with Gasteiger partial charge in [-0.1, -0.05) is 27.7 Å². The molecule has 0 aliphatic carbocycles. The molecule has 5 heteroatoms. The Morgan fingerprint density at radius 1 is 1.08 bits per heavy atom. The zero-order valence-corrected chi connectivity index (χ0v) is 16.4. The van der Waals surface area contributed by atoms with Crippen molar-refractivity contribution in [1.82, 2.24) is 4.98 Å². The third-order valence-electron chi connectivity index (χ3n) is 4.45. The van der Waals surface area contributed by atoms with Crippen molar-refractivity contribution in [2.45, 2.75) is 53.4 Å². The van der Waals surface area contributed by atoms with Crippen LogP contribution in [0.25, 0.3) is 10.9 Å². The monoisotopic (exact) mass is 358 g/mol. The summed E-state index contributed by atoms with van der Waals surface area (Å²) in [5.74, 6) is -0.560. The Balaban J connectivity index is 2.54. The average molecular weight is 358 g/mol. The van der Waals surface area contributed by atoms with Crippen LogP contribution in [0.4, 0.5) is 5.69 Å². The van der Waals surface area contributed by atoms with E-state index in [0.29, 0.717) is 12.0 Å². The molecule has 0 aliphatic rings. The van der Waals surface area contributed by atoms with E-state index in [1.807, 2.05) is 19.1 Å². The van der Waals surface area contributed by atoms with Crippen LogP contribution in [0.1, 0.15) is 62.9 Å². The fourth-order valence-electron chi connectivity index (χ4n) is 3.20. The maximum atomic E-state index is 12.8. The summed E-state index contributed by atoms with van der Waals surface area (Å²) in [7, 11) is 0. The second-order valence-corrected chi connectivity index (χ2v) is 6.53. The summed E-state index contributed by atoms with van der Waals surface area (Å²) in [6, 6.07) is 3.97. The summed E-state index contributed by atoms with van der Waals surface area (Å²) in [4.78, 5) is 30.4. The Labute approximate surface area is 155 Å². The molecule has 1 aromatic carbocycles. The van der Waals surface area contributed by atoms with Crippen molar-refractivity contribution in [3.05, 3.63) is 39.7 Å². The van der Waals surface area contributed by atoms with E-state index in [9.17, 15) is 9.59 Å². The second-order valence-electron chi connectivity index (χ2n) is 6.53. The highest BCUT2D eigenvalue weighted by molar-refractivity contribution is 5.94. The number of benzene rings is 1. The number of hydrogen-bond donors (Lipinski definition) is 1. The predicted octanol–water partition coefficient (Wildman–Crippen LogP) is 4.28. The van der Waals surface area contributed by atoms with E-state index in [-0.39, 0.29) is 11.0 Å². The van der Waals surface area contributed by atoms with Crippen molar-refractivity contribution < 1.29 is 9.53 Å². The number of aromatic amines is 1. The van der Waals surface area contributed by atoms with Crippen molar-refractivity contribution in [1.29, 1.82) is 0 Å². The quantitative estimate of drug-likeness (QED) is 0.680. The molecule has 1 N–H and O–H groups in total. The van der Waals surface area contributed by atoms with Gasteiger partial charge in [0.25, 0.3) is 0 Å². The van der Waals surface area contributed by atoms with Gasteiger partial charge < -0.3 is 14.6 Å². The molecule has 0 spiro atoms. The first kappa shape index (κ1) is 20.0. The molecule has 142 valence electrons. The molecular formula is C21H30N2O3. The summed E-state index contributed by atoms with van der Waals surface area (Å²) in [6.45, 7) is 10.6. The van der Waals surface area contributed by atoms with Crippen molar-refractivity contribution in [3.63, 3.8) is 0 Å². The van der Waals surface area contributed by atoms with E-state index in [1.165, 1.54) is 11.9 Å². The first-order valence-corrected chi connectivity index (χ1v) is 9.67. The third kappa shape index (κ3) is 4.26. The first-order valence-electron chi connectivity index (χ1n) is 9.67. The van der Waals surface area contributed by atoms with Crippen LogP contribution in [0.2, 0.25) is 0 Å². The zero-order valence-electron chi connectivity index (χ0n) is 16.4. The van der Waals surface area contributed by atoms with E-state index in [2.05, 4.69) is 30.7 Å². The summed E-state index contributed by atoms with van der Waals surface area (Å²) in [6.07, 6.45) is 5.17. The lowest BCUT2D eigenvalue weighted by Crippen LogP contribution is -2.26. The number of ether oxygens (including phenoxy) is 1. The highest BCUT2D eigenvalue weighted by atomic mass is 16.5. The van der Waals surface area contributed by atoms with Gasteiger partial charge in [-0.25, -0.2) is 4.79 Å². The average Bonchev–Trinajstić information content (AvgIpc) is 2.65. The normalized spacial score (nSPS) is 10.9. The van der Waals surface area contributed by atoms with Crippen molar-refractivity contribution in [2.75, 3.05) is 24.6 Å². The van der Waals surface area contributed by atoms with Crippen LogP contribution in [0, 0.1) is 0 Å². The molecule has 0 aliphatic heterocycles. The summed E-state index contributed by atoms with van der Waals surface area (Å²) < 4.78 is 5.12. The number of fused-ring (bicyclic) bond motifs is 1. The van der Waals surface area contributed by atoms with E-state index in [1.54, 1.807) is 0 Å². The summed E-state index contributed by atoms with van der Waals surface area (Å²) in [5.41, 5.74) is 2.86. The van der Waals surface area contributed by atoms with Gasteiger partial charge in [-0.2, -0.15) is 0 Å². The van der Waals surface area contributed by atoms with Gasteiger partial charge in [0.15, 0.2) is 0 Å². The third-order valence-corrected chi connectivity index (χ3v) is 4.45. The number of carbonyl (C=O) groups excluding carboxylic acids is 1. The second kappa shape index (κ2) is 9.41. The Kier molecular flexibility index (Phi) is 7.25. The van der Waals surface area contributed by atoms with Crippen molar-refractivity contribution >= 4 is 22.6 Å². The number of rotatable bonds is 9. The number of esters is 1. The molecule has 26 heavy (non-hydrogen) atoms. The molecule has 0 saturated heterocycles. The van der Waals surface area contributed by atoms with Crippen LogP contribution in [0.5, 0.6) is 0 Å². The Bertz CT molecular complexity index is 805. The molecule has 0 bridgehead atoms. The van der Waals surface area contributed by atoms with Crippen LogP contribution < -0.4 is 10.3 Å². The Morgan fingerprint density at radius 2 is 1.77 bits per heavy atom. The molecule has 5 nitrogen and oxygen atoms in total. The molecule has 2 aromatic rings. The van der Waals surface area contributed by atoms with Crippen LogP contribution in [-0.2, 0) is 11.2 Å². The van der Waals surface area contributed by atoms with Crippen LogP contribution in [0.15, 0.2) is 23.1 Å². The molecule has 0 radical (unpaired) electrons. The molecule has 0 fully saturated rings. The lowest BCUT2D eigenvalue weighted by Gasteiger charge is -2.26. The molecular weight excluding hydrogens is 328 g/mol. The van der Waals surface area contributed by atoms with E-state index >= 15 is 0 Å². The number of H-pyrrole nitrogens is 1. The maximum absolute atomic E-state index is 12.8. The number of pyridine rings is 1. The number of aryl methyl sites for hydroxylation is 1. The van der Waals surface area contributed by atoms with Gasteiger partial charge in [0, 0.05) is 30.4 Å². The fourth-order valence-corrected chi connectivity index (χ4v) is 3.20. The number of nitrogens with zero attached hydrogens (tertiary/aromatic N) is 1. The summed E-state index contributed by atoms with van der Waals surface area (Å²) >= 11 is 0. The van der Waals surface area contributed by atoms with E-state index in [0.717, 1.165) is 49.9 Å². The lowest BCUT2D eigenvalue weighted by atomic mass is 10.0. The van der Waals surface area contributed by atoms with Gasteiger partial charge in [-0.05, 0) is 43.4 Å². The summed E-state index contributed by atoms with van der Waals surface area (Å²) in [5, 5.41) is 0.546. The van der Waals surface area contributed by atoms with Crippen LogP contribution >= 0.6 is 0 Å². The fraction of sp³-hybridized carbons (Fsp3) is 0.524. The Hall–Kier alpha value is -2.30.